The number of hydrogen-bond acceptors (Lipinski definition) is 4. The molecule has 6 nitrogen and oxygen atoms in total. The van der Waals surface area contributed by atoms with Crippen LogP contribution in [-0.4, -0.2) is 42.5 Å². The highest BCUT2D eigenvalue weighted by molar-refractivity contribution is 6.00. The number of carboxylic acids is 1. The Labute approximate surface area is 148 Å². The van der Waals surface area contributed by atoms with Gasteiger partial charge in [0.1, 0.15) is 11.6 Å². The number of halogens is 2. The summed E-state index contributed by atoms with van der Waals surface area (Å²) in [5, 5.41) is 9.53. The minimum Gasteiger partial charge on any atom is -0.481 e. The molecule has 0 bridgehead atoms. The van der Waals surface area contributed by atoms with Crippen LogP contribution in [0.2, 0.25) is 0 Å². The first-order valence-corrected chi connectivity index (χ1v) is 8.61. The van der Waals surface area contributed by atoms with E-state index in [-0.39, 0.29) is 37.4 Å². The van der Waals surface area contributed by atoms with E-state index in [2.05, 4.69) is 0 Å². The average Bonchev–Trinajstić information content (AvgIpc) is 3.12. The smallest absolute Gasteiger partial charge is 0.306 e. The SMILES string of the molecule is O=C(O)[C@@H]1CC2(C[C@@]3(CCN(c4cc(F)cc(F)c4)C3=O)C1)OCCO2. The molecule has 140 valence electrons. The Morgan fingerprint density at radius 1 is 1.15 bits per heavy atom. The molecular formula is C18H19F2NO5. The number of carboxylic acid groups (broad SMARTS) is 1. The van der Waals surface area contributed by atoms with E-state index < -0.39 is 34.7 Å². The van der Waals surface area contributed by atoms with E-state index in [4.69, 9.17) is 9.47 Å². The van der Waals surface area contributed by atoms with Crippen molar-refractivity contribution in [2.45, 2.75) is 31.5 Å². The van der Waals surface area contributed by atoms with E-state index in [0.29, 0.717) is 19.6 Å². The number of amides is 1. The molecule has 1 aromatic rings. The second kappa shape index (κ2) is 5.99. The molecule has 4 rings (SSSR count). The maximum absolute atomic E-state index is 13.6. The van der Waals surface area contributed by atoms with Gasteiger partial charge in [0, 0.05) is 31.1 Å². The molecule has 1 aromatic carbocycles. The van der Waals surface area contributed by atoms with Gasteiger partial charge in [0.05, 0.1) is 24.5 Å². The molecule has 26 heavy (non-hydrogen) atoms. The third-order valence-corrected chi connectivity index (χ3v) is 5.64. The van der Waals surface area contributed by atoms with Crippen LogP contribution < -0.4 is 4.90 Å². The predicted octanol–water partition coefficient (Wildman–Crippen LogP) is 2.32. The highest BCUT2D eigenvalue weighted by atomic mass is 19.1. The van der Waals surface area contributed by atoms with E-state index in [0.717, 1.165) is 18.2 Å². The minimum atomic E-state index is -1.07. The molecule has 2 spiro atoms. The van der Waals surface area contributed by atoms with Crippen LogP contribution >= 0.6 is 0 Å². The number of nitrogens with zero attached hydrogens (tertiary/aromatic N) is 1. The van der Waals surface area contributed by atoms with Gasteiger partial charge in [0.15, 0.2) is 5.79 Å². The predicted molar refractivity (Wildman–Crippen MR) is 85.4 cm³/mol. The van der Waals surface area contributed by atoms with Gasteiger partial charge >= 0.3 is 5.97 Å². The van der Waals surface area contributed by atoms with Crippen molar-refractivity contribution in [2.24, 2.45) is 11.3 Å². The van der Waals surface area contributed by atoms with Crippen molar-refractivity contribution in [3.63, 3.8) is 0 Å². The molecule has 8 heteroatoms. The number of benzene rings is 1. The second-order valence-corrected chi connectivity index (χ2v) is 7.34. The lowest BCUT2D eigenvalue weighted by molar-refractivity contribution is -0.215. The van der Waals surface area contributed by atoms with Crippen molar-refractivity contribution < 1.29 is 33.0 Å². The Morgan fingerprint density at radius 2 is 1.81 bits per heavy atom. The summed E-state index contributed by atoms with van der Waals surface area (Å²) in [5.74, 6) is -4.69. The van der Waals surface area contributed by atoms with Gasteiger partial charge < -0.3 is 19.5 Å². The quantitative estimate of drug-likeness (QED) is 0.868. The van der Waals surface area contributed by atoms with Gasteiger partial charge in [0.2, 0.25) is 5.91 Å². The fourth-order valence-corrected chi connectivity index (χ4v) is 4.59. The zero-order chi connectivity index (χ0) is 18.5. The molecular weight excluding hydrogens is 348 g/mol. The summed E-state index contributed by atoms with van der Waals surface area (Å²) in [5.41, 5.74) is -0.821. The van der Waals surface area contributed by atoms with Crippen LogP contribution in [0.15, 0.2) is 18.2 Å². The molecule has 0 radical (unpaired) electrons. The van der Waals surface area contributed by atoms with Gasteiger partial charge in [-0.25, -0.2) is 8.78 Å². The van der Waals surface area contributed by atoms with Crippen LogP contribution in [-0.2, 0) is 19.1 Å². The first-order chi connectivity index (χ1) is 12.3. The van der Waals surface area contributed by atoms with Crippen molar-refractivity contribution in [3.05, 3.63) is 29.8 Å². The first-order valence-electron chi connectivity index (χ1n) is 8.61. The van der Waals surface area contributed by atoms with Gasteiger partial charge in [0.25, 0.3) is 0 Å². The molecule has 2 aliphatic heterocycles. The normalized spacial score (nSPS) is 30.5. The van der Waals surface area contributed by atoms with E-state index in [1.54, 1.807) is 0 Å². The van der Waals surface area contributed by atoms with Crippen LogP contribution in [0, 0.1) is 23.0 Å². The molecule has 3 fully saturated rings. The van der Waals surface area contributed by atoms with Crippen LogP contribution in [0.3, 0.4) is 0 Å². The largest absolute Gasteiger partial charge is 0.481 e. The topological polar surface area (TPSA) is 76.1 Å². The van der Waals surface area contributed by atoms with Crippen molar-refractivity contribution in [3.8, 4) is 0 Å². The van der Waals surface area contributed by atoms with Crippen LogP contribution in [0.25, 0.3) is 0 Å². The minimum absolute atomic E-state index is 0.143. The molecule has 3 aliphatic rings. The Balaban J connectivity index is 1.67. The molecule has 2 saturated heterocycles. The molecule has 1 amide bonds. The Bertz CT molecular complexity index is 744. The van der Waals surface area contributed by atoms with Crippen LogP contribution in [0.4, 0.5) is 14.5 Å². The molecule has 1 aliphatic carbocycles. The summed E-state index contributed by atoms with van der Waals surface area (Å²) in [6, 6.07) is 2.96. The second-order valence-electron chi connectivity index (χ2n) is 7.34. The van der Waals surface area contributed by atoms with Crippen molar-refractivity contribution in [1.82, 2.24) is 0 Å². The number of carbonyl (C=O) groups is 2. The maximum atomic E-state index is 13.6. The standard InChI is InChI=1S/C18H19F2NO5/c19-12-5-13(20)7-14(6-12)21-2-1-17(16(21)24)8-11(15(22)23)9-18(10-17)25-3-4-26-18/h5-7,11H,1-4,8-10H2,(H,22,23)/t11-,17+/m0/s1. The number of aliphatic carboxylic acids is 1. The average molecular weight is 367 g/mol. The van der Waals surface area contributed by atoms with Crippen molar-refractivity contribution in [2.75, 3.05) is 24.7 Å². The van der Waals surface area contributed by atoms with E-state index in [9.17, 15) is 23.5 Å². The van der Waals surface area contributed by atoms with Crippen LogP contribution in [0.1, 0.15) is 25.7 Å². The lowest BCUT2D eigenvalue weighted by Gasteiger charge is -2.44. The molecule has 1 N–H and O–H groups in total. The fourth-order valence-electron chi connectivity index (χ4n) is 4.59. The monoisotopic (exact) mass is 367 g/mol. The third-order valence-electron chi connectivity index (χ3n) is 5.64. The summed E-state index contributed by atoms with van der Waals surface area (Å²) < 4.78 is 38.5. The van der Waals surface area contributed by atoms with Gasteiger partial charge in [-0.15, -0.1) is 0 Å². The molecule has 2 heterocycles. The Hall–Kier alpha value is -2.06. The van der Waals surface area contributed by atoms with Gasteiger partial charge in [-0.3, -0.25) is 9.59 Å². The van der Waals surface area contributed by atoms with Crippen molar-refractivity contribution >= 4 is 17.6 Å². The zero-order valence-electron chi connectivity index (χ0n) is 14.0. The number of anilines is 1. The summed E-state index contributed by atoms with van der Waals surface area (Å²) >= 11 is 0. The summed E-state index contributed by atoms with van der Waals surface area (Å²) in [4.78, 5) is 26.2. The maximum Gasteiger partial charge on any atom is 0.306 e. The van der Waals surface area contributed by atoms with E-state index in [1.807, 2.05) is 0 Å². The third kappa shape index (κ3) is 2.77. The van der Waals surface area contributed by atoms with Gasteiger partial charge in [-0.05, 0) is 25.0 Å². The molecule has 1 saturated carbocycles. The van der Waals surface area contributed by atoms with E-state index >= 15 is 0 Å². The highest BCUT2D eigenvalue weighted by Crippen LogP contribution is 2.53. The Morgan fingerprint density at radius 3 is 2.42 bits per heavy atom. The van der Waals surface area contributed by atoms with E-state index in [1.165, 1.54) is 4.90 Å². The molecule has 0 aromatic heterocycles. The molecule has 2 atom stereocenters. The summed E-state index contributed by atoms with van der Waals surface area (Å²) in [7, 11) is 0. The summed E-state index contributed by atoms with van der Waals surface area (Å²) in [6.07, 6.45) is 1.02. The Kier molecular flexibility index (Phi) is 4.00. The number of hydrogen-bond donors (Lipinski definition) is 1. The number of rotatable bonds is 2. The lowest BCUT2D eigenvalue weighted by atomic mass is 9.66. The van der Waals surface area contributed by atoms with Crippen molar-refractivity contribution in [1.29, 1.82) is 0 Å². The number of ether oxygens (including phenoxy) is 2. The number of carbonyl (C=O) groups excluding carboxylic acids is 1. The lowest BCUT2D eigenvalue weighted by Crippen LogP contribution is -2.50. The summed E-state index contributed by atoms with van der Waals surface area (Å²) in [6.45, 7) is 0.981. The zero-order valence-corrected chi connectivity index (χ0v) is 14.0. The van der Waals surface area contributed by atoms with Gasteiger partial charge in [-0.1, -0.05) is 0 Å². The van der Waals surface area contributed by atoms with Crippen LogP contribution in [0.5, 0.6) is 0 Å². The highest BCUT2D eigenvalue weighted by Gasteiger charge is 2.59. The fraction of sp³-hybridized carbons (Fsp3) is 0.556. The molecule has 0 unspecified atom stereocenters. The first kappa shape index (κ1) is 17.4. The van der Waals surface area contributed by atoms with Gasteiger partial charge in [-0.2, -0.15) is 0 Å².